The first-order valence-electron chi connectivity index (χ1n) is 7.08. The molecule has 3 aliphatic rings. The summed E-state index contributed by atoms with van der Waals surface area (Å²) >= 11 is 0. The van der Waals surface area contributed by atoms with Gasteiger partial charge in [0.1, 0.15) is 0 Å². The Morgan fingerprint density at radius 3 is 2.38 bits per heavy atom. The van der Waals surface area contributed by atoms with Crippen LogP contribution in [0.3, 0.4) is 0 Å². The van der Waals surface area contributed by atoms with E-state index in [0.29, 0.717) is 5.92 Å². The van der Waals surface area contributed by atoms with E-state index in [1.165, 1.54) is 25.7 Å². The summed E-state index contributed by atoms with van der Waals surface area (Å²) in [6.07, 6.45) is 9.75. The molecule has 16 heavy (non-hydrogen) atoms. The third-order valence-corrected chi connectivity index (χ3v) is 5.07. The largest absolute Gasteiger partial charge is 0.390 e. The third-order valence-electron chi connectivity index (χ3n) is 5.07. The predicted molar refractivity (Wildman–Crippen MR) is 63.2 cm³/mol. The normalized spacial score (nSPS) is 42.2. The highest BCUT2D eigenvalue weighted by atomic mass is 16.5. The smallest absolute Gasteiger partial charge is 0.0680 e. The quantitative estimate of drug-likeness (QED) is 0.781. The van der Waals surface area contributed by atoms with Crippen LogP contribution >= 0.6 is 0 Å². The SMILES string of the molecule is OC1(C2CCOCC2)CCCC(C2CC2)C1. The van der Waals surface area contributed by atoms with Crippen molar-refractivity contribution in [2.24, 2.45) is 17.8 Å². The predicted octanol–water partition coefficient (Wildman–Crippen LogP) is 2.74. The summed E-state index contributed by atoms with van der Waals surface area (Å²) in [5.41, 5.74) is -0.338. The average molecular weight is 224 g/mol. The van der Waals surface area contributed by atoms with E-state index in [4.69, 9.17) is 4.74 Å². The minimum atomic E-state index is -0.338. The molecular formula is C14H24O2. The van der Waals surface area contributed by atoms with Crippen LogP contribution in [0.15, 0.2) is 0 Å². The monoisotopic (exact) mass is 224 g/mol. The topological polar surface area (TPSA) is 29.5 Å². The van der Waals surface area contributed by atoms with Gasteiger partial charge in [-0.1, -0.05) is 6.42 Å². The van der Waals surface area contributed by atoms with Crippen LogP contribution in [0.1, 0.15) is 51.4 Å². The molecule has 2 atom stereocenters. The van der Waals surface area contributed by atoms with Gasteiger partial charge in [0, 0.05) is 13.2 Å². The minimum Gasteiger partial charge on any atom is -0.390 e. The van der Waals surface area contributed by atoms with E-state index in [1.807, 2.05) is 0 Å². The molecular weight excluding hydrogens is 200 g/mol. The fraction of sp³-hybridized carbons (Fsp3) is 1.00. The van der Waals surface area contributed by atoms with Gasteiger partial charge in [0.05, 0.1) is 5.60 Å². The molecule has 2 unspecified atom stereocenters. The number of hydrogen-bond acceptors (Lipinski definition) is 2. The van der Waals surface area contributed by atoms with Crippen molar-refractivity contribution < 1.29 is 9.84 Å². The van der Waals surface area contributed by atoms with Gasteiger partial charge in [0.25, 0.3) is 0 Å². The first-order chi connectivity index (χ1) is 7.78. The molecule has 2 heteroatoms. The van der Waals surface area contributed by atoms with Crippen LogP contribution in [0.4, 0.5) is 0 Å². The summed E-state index contributed by atoms with van der Waals surface area (Å²) in [5, 5.41) is 10.9. The molecule has 0 amide bonds. The van der Waals surface area contributed by atoms with Gasteiger partial charge in [-0.2, -0.15) is 0 Å². The Morgan fingerprint density at radius 1 is 0.938 bits per heavy atom. The summed E-state index contributed by atoms with van der Waals surface area (Å²) in [7, 11) is 0. The van der Waals surface area contributed by atoms with Gasteiger partial charge in [0.15, 0.2) is 0 Å². The molecule has 2 nitrogen and oxygen atoms in total. The maximum atomic E-state index is 10.9. The molecule has 1 N–H and O–H groups in total. The summed E-state index contributed by atoms with van der Waals surface area (Å²) in [6, 6.07) is 0. The highest BCUT2D eigenvalue weighted by molar-refractivity contribution is 4.96. The molecule has 1 saturated heterocycles. The number of ether oxygens (including phenoxy) is 1. The summed E-state index contributed by atoms with van der Waals surface area (Å²) in [5.74, 6) is 2.32. The van der Waals surface area contributed by atoms with Crippen LogP contribution in [0, 0.1) is 17.8 Å². The van der Waals surface area contributed by atoms with Gasteiger partial charge < -0.3 is 9.84 Å². The van der Waals surface area contributed by atoms with Crippen LogP contribution in [0.25, 0.3) is 0 Å². The first kappa shape index (κ1) is 11.0. The molecule has 1 aliphatic heterocycles. The molecule has 0 bridgehead atoms. The number of aliphatic hydroxyl groups is 1. The van der Waals surface area contributed by atoms with Gasteiger partial charge in [0.2, 0.25) is 0 Å². The fourth-order valence-electron chi connectivity index (χ4n) is 3.90. The van der Waals surface area contributed by atoms with Gasteiger partial charge in [-0.3, -0.25) is 0 Å². The van der Waals surface area contributed by atoms with Crippen LogP contribution in [0.5, 0.6) is 0 Å². The first-order valence-corrected chi connectivity index (χ1v) is 7.08. The second kappa shape index (κ2) is 4.30. The maximum Gasteiger partial charge on any atom is 0.0680 e. The lowest BCUT2D eigenvalue weighted by Crippen LogP contribution is -2.45. The standard InChI is InChI=1S/C14H24O2/c15-14(13-5-8-16-9-6-13)7-1-2-12(10-14)11-3-4-11/h11-13,15H,1-10H2. The second-order valence-corrected chi connectivity index (χ2v) is 6.18. The Labute approximate surface area is 98.4 Å². The van der Waals surface area contributed by atoms with Crippen LogP contribution < -0.4 is 0 Å². The zero-order valence-electron chi connectivity index (χ0n) is 10.2. The molecule has 0 spiro atoms. The fourth-order valence-corrected chi connectivity index (χ4v) is 3.90. The molecule has 0 radical (unpaired) electrons. The molecule has 2 aliphatic carbocycles. The molecule has 0 aromatic rings. The Balaban J connectivity index is 1.65. The van der Waals surface area contributed by atoms with E-state index in [-0.39, 0.29) is 5.60 Å². The van der Waals surface area contributed by atoms with Gasteiger partial charge in [-0.05, 0) is 62.7 Å². The van der Waals surface area contributed by atoms with Crippen molar-refractivity contribution in [3.63, 3.8) is 0 Å². The zero-order chi connectivity index (χ0) is 11.0. The van der Waals surface area contributed by atoms with E-state index < -0.39 is 0 Å². The summed E-state index contributed by atoms with van der Waals surface area (Å²) in [4.78, 5) is 0. The zero-order valence-corrected chi connectivity index (χ0v) is 10.2. The maximum absolute atomic E-state index is 10.9. The summed E-state index contributed by atoms with van der Waals surface area (Å²) < 4.78 is 5.41. The summed E-state index contributed by atoms with van der Waals surface area (Å²) in [6.45, 7) is 1.72. The highest BCUT2D eigenvalue weighted by Crippen LogP contribution is 2.49. The molecule has 92 valence electrons. The molecule has 3 rings (SSSR count). The van der Waals surface area contributed by atoms with Gasteiger partial charge in [-0.25, -0.2) is 0 Å². The minimum absolute atomic E-state index is 0.338. The van der Waals surface area contributed by atoms with E-state index in [1.54, 1.807) is 0 Å². The molecule has 3 fully saturated rings. The lowest BCUT2D eigenvalue weighted by atomic mass is 9.68. The molecule has 0 aromatic heterocycles. The molecule has 1 heterocycles. The average Bonchev–Trinajstić information content (AvgIpc) is 3.14. The second-order valence-electron chi connectivity index (χ2n) is 6.18. The van der Waals surface area contributed by atoms with Crippen molar-refractivity contribution in [3.05, 3.63) is 0 Å². The van der Waals surface area contributed by atoms with E-state index in [0.717, 1.165) is 50.7 Å². The van der Waals surface area contributed by atoms with Crippen molar-refractivity contribution in [2.45, 2.75) is 57.0 Å². The van der Waals surface area contributed by atoms with Crippen LogP contribution in [-0.2, 0) is 4.74 Å². The van der Waals surface area contributed by atoms with Crippen molar-refractivity contribution in [1.29, 1.82) is 0 Å². The van der Waals surface area contributed by atoms with E-state index in [2.05, 4.69) is 0 Å². The Hall–Kier alpha value is -0.0800. The van der Waals surface area contributed by atoms with Crippen molar-refractivity contribution in [2.75, 3.05) is 13.2 Å². The van der Waals surface area contributed by atoms with Crippen molar-refractivity contribution in [1.82, 2.24) is 0 Å². The Morgan fingerprint density at radius 2 is 1.69 bits per heavy atom. The van der Waals surface area contributed by atoms with Crippen LogP contribution in [-0.4, -0.2) is 23.9 Å². The van der Waals surface area contributed by atoms with E-state index >= 15 is 0 Å². The molecule has 0 aromatic carbocycles. The Bertz CT molecular complexity index is 243. The van der Waals surface area contributed by atoms with Crippen LogP contribution in [0.2, 0.25) is 0 Å². The number of hydrogen-bond donors (Lipinski definition) is 1. The number of rotatable bonds is 2. The lowest BCUT2D eigenvalue weighted by molar-refractivity contribution is -0.0998. The van der Waals surface area contributed by atoms with Crippen molar-refractivity contribution >= 4 is 0 Å². The van der Waals surface area contributed by atoms with E-state index in [9.17, 15) is 5.11 Å². The Kier molecular flexibility index (Phi) is 2.97. The lowest BCUT2D eigenvalue weighted by Gasteiger charge is -2.44. The molecule has 2 saturated carbocycles. The third kappa shape index (κ3) is 2.14. The van der Waals surface area contributed by atoms with Gasteiger partial charge >= 0.3 is 0 Å². The van der Waals surface area contributed by atoms with Crippen molar-refractivity contribution in [3.8, 4) is 0 Å². The van der Waals surface area contributed by atoms with Gasteiger partial charge in [-0.15, -0.1) is 0 Å². The highest BCUT2D eigenvalue weighted by Gasteiger charge is 2.45.